The van der Waals surface area contributed by atoms with E-state index in [1.165, 1.54) is 18.2 Å². The van der Waals surface area contributed by atoms with Crippen LogP contribution in [0.15, 0.2) is 22.7 Å². The highest BCUT2D eigenvalue weighted by atomic mass is 79.9. The van der Waals surface area contributed by atoms with Crippen LogP contribution in [0.5, 0.6) is 0 Å². The van der Waals surface area contributed by atoms with Crippen molar-refractivity contribution in [2.24, 2.45) is 0 Å². The number of benzene rings is 1. The van der Waals surface area contributed by atoms with Crippen LogP contribution in [0, 0.1) is 5.82 Å². The monoisotopic (exact) mass is 347 g/mol. The Morgan fingerprint density at radius 2 is 2.10 bits per heavy atom. The van der Waals surface area contributed by atoms with E-state index in [1.807, 2.05) is 6.92 Å². The van der Waals surface area contributed by atoms with Gasteiger partial charge in [-0.25, -0.2) is 4.39 Å². The van der Waals surface area contributed by atoms with Crippen molar-refractivity contribution in [1.29, 1.82) is 0 Å². The molecule has 1 unspecified atom stereocenters. The second kappa shape index (κ2) is 8.34. The number of hydrogen-bond acceptors (Lipinski definition) is 3. The Kier molecular flexibility index (Phi) is 7.12. The molecule has 0 radical (unpaired) electrons. The molecule has 0 heterocycles. The fourth-order valence-corrected chi connectivity index (χ4v) is 2.28. The lowest BCUT2D eigenvalue weighted by atomic mass is 10.1. The lowest BCUT2D eigenvalue weighted by Crippen LogP contribution is -2.43. The molecule has 0 aliphatic carbocycles. The minimum atomic E-state index is -0.442. The van der Waals surface area contributed by atoms with Gasteiger partial charge in [0.05, 0.1) is 24.8 Å². The smallest absolute Gasteiger partial charge is 0.255 e. The minimum absolute atomic E-state index is 0.127. The maximum Gasteiger partial charge on any atom is 0.255 e. The highest BCUT2D eigenvalue weighted by Gasteiger charge is 2.23. The summed E-state index contributed by atoms with van der Waals surface area (Å²) in [6, 6.07) is 3.93. The van der Waals surface area contributed by atoms with E-state index < -0.39 is 5.82 Å². The van der Waals surface area contributed by atoms with E-state index in [-0.39, 0.29) is 11.9 Å². The van der Waals surface area contributed by atoms with E-state index in [0.717, 1.165) is 0 Å². The summed E-state index contributed by atoms with van der Waals surface area (Å²) in [6.45, 7) is 3.11. The van der Waals surface area contributed by atoms with Crippen LogP contribution < -0.4 is 0 Å². The third-order valence-electron chi connectivity index (χ3n) is 2.90. The second-order valence-corrected chi connectivity index (χ2v) is 5.27. The Morgan fingerprint density at radius 3 is 2.70 bits per heavy atom. The van der Waals surface area contributed by atoms with Crippen molar-refractivity contribution < 1.29 is 18.7 Å². The largest absolute Gasteiger partial charge is 0.383 e. The van der Waals surface area contributed by atoms with Crippen LogP contribution in [0.25, 0.3) is 0 Å². The van der Waals surface area contributed by atoms with E-state index in [0.29, 0.717) is 29.8 Å². The van der Waals surface area contributed by atoms with Gasteiger partial charge in [-0.3, -0.25) is 4.79 Å². The summed E-state index contributed by atoms with van der Waals surface area (Å²) in [5.41, 5.74) is 0.295. The molecule has 1 atom stereocenters. The summed E-state index contributed by atoms with van der Waals surface area (Å²) >= 11 is 3.28. The van der Waals surface area contributed by atoms with E-state index in [4.69, 9.17) is 9.47 Å². The number of halogens is 2. The number of ether oxygens (including phenoxy) is 2. The molecule has 6 heteroatoms. The van der Waals surface area contributed by atoms with Crippen LogP contribution in [-0.2, 0) is 9.47 Å². The van der Waals surface area contributed by atoms with Gasteiger partial charge in [0, 0.05) is 25.2 Å². The Morgan fingerprint density at radius 1 is 1.40 bits per heavy atom. The minimum Gasteiger partial charge on any atom is -0.383 e. The van der Waals surface area contributed by atoms with E-state index in [1.54, 1.807) is 19.1 Å². The maximum absolute atomic E-state index is 13.3. The number of hydrogen-bond donors (Lipinski definition) is 0. The van der Waals surface area contributed by atoms with Gasteiger partial charge in [-0.15, -0.1) is 0 Å². The number of carbonyl (C=O) groups excluding carboxylic acids is 1. The fraction of sp³-hybridized carbons (Fsp3) is 0.500. The van der Waals surface area contributed by atoms with Crippen molar-refractivity contribution in [3.05, 3.63) is 34.1 Å². The molecule has 0 aliphatic heterocycles. The molecule has 0 fully saturated rings. The van der Waals surface area contributed by atoms with Gasteiger partial charge in [0.1, 0.15) is 5.82 Å². The van der Waals surface area contributed by atoms with Gasteiger partial charge in [0.2, 0.25) is 0 Å². The molecule has 0 N–H and O–H groups in total. The van der Waals surface area contributed by atoms with Crippen molar-refractivity contribution in [1.82, 2.24) is 4.90 Å². The highest BCUT2D eigenvalue weighted by molar-refractivity contribution is 9.10. The first-order valence-electron chi connectivity index (χ1n) is 6.25. The van der Waals surface area contributed by atoms with E-state index >= 15 is 0 Å². The van der Waals surface area contributed by atoms with Crippen molar-refractivity contribution >= 4 is 21.8 Å². The average molecular weight is 348 g/mol. The lowest BCUT2D eigenvalue weighted by Gasteiger charge is -2.29. The van der Waals surface area contributed by atoms with Gasteiger partial charge >= 0.3 is 0 Å². The predicted octanol–water partition coefficient (Wildman–Crippen LogP) is 2.71. The second-order valence-electron chi connectivity index (χ2n) is 4.42. The molecular formula is C14H19BrFNO3. The molecule has 0 bridgehead atoms. The predicted molar refractivity (Wildman–Crippen MR) is 78.4 cm³/mol. The summed E-state index contributed by atoms with van der Waals surface area (Å²) in [5, 5.41) is 0. The number of rotatable bonds is 7. The molecule has 0 aliphatic rings. The third-order valence-corrected chi connectivity index (χ3v) is 3.59. The molecular weight excluding hydrogens is 329 g/mol. The van der Waals surface area contributed by atoms with Crippen LogP contribution in [0.3, 0.4) is 0 Å². The van der Waals surface area contributed by atoms with Crippen molar-refractivity contribution in [2.75, 3.05) is 34.0 Å². The summed E-state index contributed by atoms with van der Waals surface area (Å²) in [4.78, 5) is 14.2. The highest BCUT2D eigenvalue weighted by Crippen LogP contribution is 2.20. The zero-order chi connectivity index (χ0) is 15.1. The summed E-state index contributed by atoms with van der Waals surface area (Å²) in [5.74, 6) is -0.694. The van der Waals surface area contributed by atoms with Gasteiger partial charge in [0.15, 0.2) is 0 Å². The quantitative estimate of drug-likeness (QED) is 0.761. The molecule has 4 nitrogen and oxygen atoms in total. The van der Waals surface area contributed by atoms with E-state index in [9.17, 15) is 9.18 Å². The van der Waals surface area contributed by atoms with Gasteiger partial charge in [-0.05, 0) is 41.1 Å². The Hall–Kier alpha value is -0.980. The molecule has 20 heavy (non-hydrogen) atoms. The molecule has 0 saturated heterocycles. The fourth-order valence-electron chi connectivity index (χ4n) is 1.86. The van der Waals surface area contributed by atoms with Crippen molar-refractivity contribution in [2.45, 2.75) is 13.0 Å². The SMILES string of the molecule is COCCN(C(=O)c1cc(F)ccc1Br)C(C)COC. The maximum atomic E-state index is 13.3. The van der Waals surface area contributed by atoms with Gasteiger partial charge in [-0.1, -0.05) is 0 Å². The number of nitrogens with zero attached hydrogens (tertiary/aromatic N) is 1. The van der Waals surface area contributed by atoms with Crippen LogP contribution >= 0.6 is 15.9 Å². The molecule has 1 amide bonds. The van der Waals surface area contributed by atoms with E-state index in [2.05, 4.69) is 15.9 Å². The van der Waals surface area contributed by atoms with Gasteiger partial charge in [-0.2, -0.15) is 0 Å². The normalized spacial score (nSPS) is 12.2. The Labute approximate surface area is 127 Å². The zero-order valence-electron chi connectivity index (χ0n) is 11.9. The Balaban J connectivity index is 2.99. The van der Waals surface area contributed by atoms with Crippen molar-refractivity contribution in [3.8, 4) is 0 Å². The van der Waals surface area contributed by atoms with Crippen LogP contribution in [0.2, 0.25) is 0 Å². The summed E-state index contributed by atoms with van der Waals surface area (Å²) < 4.78 is 24.0. The van der Waals surface area contributed by atoms with Crippen molar-refractivity contribution in [3.63, 3.8) is 0 Å². The standard InChI is InChI=1S/C14H19BrFNO3/c1-10(9-20-3)17(6-7-19-2)14(18)12-8-11(16)4-5-13(12)15/h4-5,8,10H,6-7,9H2,1-3H3. The summed E-state index contributed by atoms with van der Waals surface area (Å²) in [7, 11) is 3.15. The first-order chi connectivity index (χ1) is 9.51. The number of methoxy groups -OCH3 is 2. The molecule has 1 rings (SSSR count). The molecule has 0 saturated carbocycles. The molecule has 0 aromatic heterocycles. The average Bonchev–Trinajstić information content (AvgIpc) is 2.42. The topological polar surface area (TPSA) is 38.8 Å². The molecule has 112 valence electrons. The van der Waals surface area contributed by atoms with Crippen LogP contribution in [0.1, 0.15) is 17.3 Å². The Bertz CT molecular complexity index is 456. The van der Waals surface area contributed by atoms with Gasteiger partial charge < -0.3 is 14.4 Å². The summed E-state index contributed by atoms with van der Waals surface area (Å²) in [6.07, 6.45) is 0. The molecule has 0 spiro atoms. The lowest BCUT2D eigenvalue weighted by molar-refractivity contribution is 0.0478. The first kappa shape index (κ1) is 17.1. The van der Waals surface area contributed by atoms with Crippen LogP contribution in [-0.4, -0.2) is 50.8 Å². The van der Waals surface area contributed by atoms with Gasteiger partial charge in [0.25, 0.3) is 5.91 Å². The number of carbonyl (C=O) groups is 1. The number of amides is 1. The molecule has 1 aromatic carbocycles. The third kappa shape index (κ3) is 4.54. The van der Waals surface area contributed by atoms with Crippen LogP contribution in [0.4, 0.5) is 4.39 Å². The first-order valence-corrected chi connectivity index (χ1v) is 7.04. The zero-order valence-corrected chi connectivity index (χ0v) is 13.4. The molecule has 1 aromatic rings.